The summed E-state index contributed by atoms with van der Waals surface area (Å²) in [7, 11) is 0. The Hall–Kier alpha value is -2.15. The van der Waals surface area contributed by atoms with Gasteiger partial charge in [-0.3, -0.25) is 9.72 Å². The van der Waals surface area contributed by atoms with Crippen LogP contribution >= 0.6 is 0 Å². The summed E-state index contributed by atoms with van der Waals surface area (Å²) in [5.41, 5.74) is 0.676. The van der Waals surface area contributed by atoms with E-state index in [0.717, 1.165) is 6.42 Å². The van der Waals surface area contributed by atoms with E-state index in [-0.39, 0.29) is 11.9 Å². The minimum Gasteiger partial charge on any atom is -0.391 e. The lowest BCUT2D eigenvalue weighted by Gasteiger charge is -2.33. The van der Waals surface area contributed by atoms with Crippen LogP contribution in [0.2, 0.25) is 0 Å². The van der Waals surface area contributed by atoms with Gasteiger partial charge in [-0.25, -0.2) is 4.79 Å². The van der Waals surface area contributed by atoms with Crippen LogP contribution in [0.3, 0.4) is 0 Å². The smallest absolute Gasteiger partial charge is 0.324 e. The lowest BCUT2D eigenvalue weighted by Crippen LogP contribution is -2.47. The summed E-state index contributed by atoms with van der Waals surface area (Å²) in [5.74, 6) is 0.617. The van der Waals surface area contributed by atoms with Gasteiger partial charge in [0.2, 0.25) is 5.95 Å². The van der Waals surface area contributed by atoms with Crippen molar-refractivity contribution in [1.82, 2.24) is 19.5 Å². The predicted octanol–water partition coefficient (Wildman–Crippen LogP) is 0.964. The predicted molar refractivity (Wildman–Crippen MR) is 73.4 cm³/mol. The maximum absolute atomic E-state index is 12.2. The second-order valence-electron chi connectivity index (χ2n) is 5.16. The number of likely N-dealkylation sites (tertiary alicyclic amines) is 1. The molecule has 2 N–H and O–H groups in total. The molecular weight excluding hydrogens is 258 g/mol. The Morgan fingerprint density at radius 1 is 1.45 bits per heavy atom. The van der Waals surface area contributed by atoms with Crippen LogP contribution in [0.1, 0.15) is 13.3 Å². The number of nitrogens with zero attached hydrogens (tertiary/aromatic N) is 4. The van der Waals surface area contributed by atoms with E-state index in [4.69, 9.17) is 0 Å². The Morgan fingerprint density at radius 2 is 2.30 bits per heavy atom. The summed E-state index contributed by atoms with van der Waals surface area (Å²) in [6, 6.07) is 5.26. The molecule has 0 radical (unpaired) electrons. The van der Waals surface area contributed by atoms with Gasteiger partial charge in [-0.05, 0) is 24.5 Å². The number of carbonyl (C=O) groups is 1. The number of β-amino-alcohol motifs (C(OH)–C–C–N with tert-alkyl or cyclic N) is 1. The van der Waals surface area contributed by atoms with Gasteiger partial charge in [-0.1, -0.05) is 13.0 Å². The molecule has 3 heterocycles. The number of aliphatic hydroxyl groups is 1. The van der Waals surface area contributed by atoms with E-state index in [1.54, 1.807) is 15.5 Å². The second kappa shape index (κ2) is 5.09. The Balaban J connectivity index is 1.73. The quantitative estimate of drug-likeness (QED) is 0.812. The molecule has 7 heteroatoms. The zero-order valence-electron chi connectivity index (χ0n) is 11.2. The Bertz CT molecular complexity index is 626. The van der Waals surface area contributed by atoms with E-state index in [0.29, 0.717) is 24.7 Å². The van der Waals surface area contributed by atoms with Crippen LogP contribution in [0, 0.1) is 5.92 Å². The van der Waals surface area contributed by atoms with Gasteiger partial charge in [-0.15, -0.1) is 10.2 Å². The first-order valence-corrected chi connectivity index (χ1v) is 6.69. The summed E-state index contributed by atoms with van der Waals surface area (Å²) in [5, 5.41) is 20.5. The molecule has 2 aromatic heterocycles. The number of anilines is 1. The first kappa shape index (κ1) is 12.9. The van der Waals surface area contributed by atoms with Crippen molar-refractivity contribution >= 4 is 17.6 Å². The van der Waals surface area contributed by atoms with Crippen LogP contribution in [-0.2, 0) is 0 Å². The highest BCUT2D eigenvalue weighted by Gasteiger charge is 2.27. The van der Waals surface area contributed by atoms with Gasteiger partial charge in [0.25, 0.3) is 0 Å². The first-order valence-electron chi connectivity index (χ1n) is 6.69. The van der Waals surface area contributed by atoms with Crippen molar-refractivity contribution in [3.05, 3.63) is 24.4 Å². The van der Waals surface area contributed by atoms with Crippen LogP contribution < -0.4 is 5.32 Å². The number of nitrogens with one attached hydrogen (secondary N) is 1. The van der Waals surface area contributed by atoms with Crippen molar-refractivity contribution in [2.45, 2.75) is 19.4 Å². The number of rotatable bonds is 1. The Labute approximate surface area is 116 Å². The molecule has 7 nitrogen and oxygen atoms in total. The van der Waals surface area contributed by atoms with Crippen molar-refractivity contribution < 1.29 is 9.90 Å². The highest BCUT2D eigenvalue weighted by molar-refractivity contribution is 5.88. The summed E-state index contributed by atoms with van der Waals surface area (Å²) in [4.78, 5) is 13.8. The van der Waals surface area contributed by atoms with Crippen LogP contribution in [0.5, 0.6) is 0 Å². The third-order valence-electron chi connectivity index (χ3n) is 3.74. The largest absolute Gasteiger partial charge is 0.391 e. The molecule has 0 bridgehead atoms. The topological polar surface area (TPSA) is 82.8 Å². The lowest BCUT2D eigenvalue weighted by molar-refractivity contribution is 0.0463. The fourth-order valence-electron chi connectivity index (χ4n) is 2.33. The minimum atomic E-state index is -0.468. The average molecular weight is 275 g/mol. The molecule has 2 amide bonds. The highest BCUT2D eigenvalue weighted by Crippen LogP contribution is 2.18. The van der Waals surface area contributed by atoms with E-state index in [1.165, 1.54) is 0 Å². The second-order valence-corrected chi connectivity index (χ2v) is 5.16. The summed E-state index contributed by atoms with van der Waals surface area (Å²) in [6.45, 7) is 2.98. The molecule has 0 spiro atoms. The number of pyridine rings is 1. The third-order valence-corrected chi connectivity index (χ3v) is 3.74. The Morgan fingerprint density at radius 3 is 3.10 bits per heavy atom. The van der Waals surface area contributed by atoms with Crippen molar-refractivity contribution in [2.75, 3.05) is 18.4 Å². The number of fused-ring (bicyclic) bond motifs is 1. The van der Waals surface area contributed by atoms with Crippen LogP contribution in [0.4, 0.5) is 10.7 Å². The monoisotopic (exact) mass is 275 g/mol. The molecule has 1 aliphatic rings. The third kappa shape index (κ3) is 2.32. The highest BCUT2D eigenvalue weighted by atomic mass is 16.3. The summed E-state index contributed by atoms with van der Waals surface area (Å²) in [6.07, 6.45) is 2.12. The molecule has 20 heavy (non-hydrogen) atoms. The lowest BCUT2D eigenvalue weighted by atomic mass is 9.96. The van der Waals surface area contributed by atoms with Gasteiger partial charge in [-0.2, -0.15) is 0 Å². The normalized spacial score (nSPS) is 23.0. The first-order chi connectivity index (χ1) is 9.65. The molecule has 1 saturated heterocycles. The fourth-order valence-corrected chi connectivity index (χ4v) is 2.33. The van der Waals surface area contributed by atoms with Gasteiger partial charge >= 0.3 is 6.03 Å². The minimum absolute atomic E-state index is 0.230. The fraction of sp³-hybridized carbons (Fsp3) is 0.462. The zero-order valence-corrected chi connectivity index (χ0v) is 11.2. The number of amides is 2. The van der Waals surface area contributed by atoms with Gasteiger partial charge < -0.3 is 10.0 Å². The van der Waals surface area contributed by atoms with Gasteiger partial charge in [0.05, 0.1) is 6.10 Å². The van der Waals surface area contributed by atoms with Crippen LogP contribution in [-0.4, -0.2) is 49.8 Å². The molecule has 106 valence electrons. The van der Waals surface area contributed by atoms with E-state index >= 15 is 0 Å². The number of hydrogen-bond donors (Lipinski definition) is 2. The van der Waals surface area contributed by atoms with Crippen molar-refractivity contribution in [3.8, 4) is 0 Å². The summed E-state index contributed by atoms with van der Waals surface area (Å²) >= 11 is 0. The SMILES string of the molecule is CC1CCN(C(=O)Nc2nnc3ccccn23)CC1O. The number of hydrogen-bond acceptors (Lipinski definition) is 4. The van der Waals surface area contributed by atoms with Crippen molar-refractivity contribution in [3.63, 3.8) is 0 Å². The molecule has 3 rings (SSSR count). The van der Waals surface area contributed by atoms with E-state index in [1.807, 2.05) is 25.1 Å². The van der Waals surface area contributed by atoms with Gasteiger partial charge in [0.1, 0.15) is 0 Å². The van der Waals surface area contributed by atoms with Crippen molar-refractivity contribution in [1.29, 1.82) is 0 Å². The maximum Gasteiger partial charge on any atom is 0.324 e. The molecular formula is C13H17N5O2. The molecule has 2 atom stereocenters. The standard InChI is InChI=1S/C13H17N5O2/c1-9-5-7-17(8-10(9)19)13(20)14-12-16-15-11-4-2-3-6-18(11)12/h2-4,6,9-10,19H,5,7-8H2,1H3,(H,14,16,20). The van der Waals surface area contributed by atoms with E-state index in [9.17, 15) is 9.90 Å². The molecule has 2 aromatic rings. The van der Waals surface area contributed by atoms with E-state index in [2.05, 4.69) is 15.5 Å². The van der Waals surface area contributed by atoms with Crippen LogP contribution in [0.25, 0.3) is 5.65 Å². The maximum atomic E-state index is 12.2. The Kier molecular flexibility index (Phi) is 3.27. The summed E-state index contributed by atoms with van der Waals surface area (Å²) < 4.78 is 1.71. The van der Waals surface area contributed by atoms with Gasteiger partial charge in [0, 0.05) is 19.3 Å². The molecule has 1 fully saturated rings. The van der Waals surface area contributed by atoms with E-state index < -0.39 is 6.10 Å². The molecule has 1 aliphatic heterocycles. The number of urea groups is 1. The number of aliphatic hydroxyl groups excluding tert-OH is 1. The zero-order chi connectivity index (χ0) is 14.1. The molecule has 0 aromatic carbocycles. The molecule has 0 aliphatic carbocycles. The average Bonchev–Trinajstić information content (AvgIpc) is 2.85. The van der Waals surface area contributed by atoms with Crippen LogP contribution in [0.15, 0.2) is 24.4 Å². The number of piperidine rings is 1. The number of carbonyl (C=O) groups excluding carboxylic acids is 1. The number of aromatic nitrogens is 3. The molecule has 2 unspecified atom stereocenters. The van der Waals surface area contributed by atoms with Crippen molar-refractivity contribution in [2.24, 2.45) is 5.92 Å². The van der Waals surface area contributed by atoms with Gasteiger partial charge in [0.15, 0.2) is 5.65 Å². The molecule has 0 saturated carbocycles.